The largest absolute Gasteiger partial charge is 0.384 e. The van der Waals surface area contributed by atoms with Gasteiger partial charge in [-0.2, -0.15) is 0 Å². The lowest BCUT2D eigenvalue weighted by Crippen LogP contribution is -2.03. The van der Waals surface area contributed by atoms with Crippen LogP contribution in [0.4, 0.5) is 11.6 Å². The molecule has 1 aromatic carbocycles. The third kappa shape index (κ3) is 2.28. The third-order valence-electron chi connectivity index (χ3n) is 2.14. The number of nitrogens with zero attached hydrogens (tertiary/aromatic N) is 2. The highest BCUT2D eigenvalue weighted by molar-refractivity contribution is 5.60. The van der Waals surface area contributed by atoms with E-state index in [0.29, 0.717) is 11.6 Å². The van der Waals surface area contributed by atoms with E-state index in [4.69, 9.17) is 5.73 Å². The molecule has 0 aliphatic carbocycles. The van der Waals surface area contributed by atoms with E-state index >= 15 is 0 Å². The number of nitrogens with two attached hydrogens (primary N) is 1. The van der Waals surface area contributed by atoms with Crippen LogP contribution in [0.15, 0.2) is 36.4 Å². The van der Waals surface area contributed by atoms with Crippen molar-refractivity contribution in [2.75, 3.05) is 17.6 Å². The Morgan fingerprint density at radius 3 is 2.62 bits per heavy atom. The van der Waals surface area contributed by atoms with Crippen molar-refractivity contribution in [1.82, 2.24) is 9.97 Å². The van der Waals surface area contributed by atoms with Gasteiger partial charge >= 0.3 is 0 Å². The van der Waals surface area contributed by atoms with Gasteiger partial charge in [0.15, 0.2) is 5.82 Å². The van der Waals surface area contributed by atoms with Crippen LogP contribution in [-0.2, 0) is 0 Å². The first-order chi connectivity index (χ1) is 7.79. The predicted octanol–water partition coefficient (Wildman–Crippen LogP) is 2.16. The summed E-state index contributed by atoms with van der Waals surface area (Å²) in [6, 6.07) is 11.5. The zero-order chi connectivity index (χ0) is 11.4. The van der Waals surface area contributed by atoms with Crippen LogP contribution in [0.25, 0.3) is 11.4 Å². The van der Waals surface area contributed by atoms with Crippen LogP contribution < -0.4 is 11.1 Å². The monoisotopic (exact) mass is 214 g/mol. The summed E-state index contributed by atoms with van der Waals surface area (Å²) in [6.07, 6.45) is 0. The van der Waals surface area contributed by atoms with Crippen molar-refractivity contribution in [2.45, 2.75) is 6.92 Å². The quantitative estimate of drug-likeness (QED) is 0.821. The normalized spacial score (nSPS) is 10.1. The maximum absolute atomic E-state index is 5.74. The molecule has 4 heteroatoms. The summed E-state index contributed by atoms with van der Waals surface area (Å²) >= 11 is 0. The van der Waals surface area contributed by atoms with Crippen LogP contribution >= 0.6 is 0 Å². The lowest BCUT2D eigenvalue weighted by Gasteiger charge is -2.06. The molecular weight excluding hydrogens is 200 g/mol. The Balaban J connectivity index is 2.41. The standard InChI is InChI=1S/C12H14N4/c1-2-14-11-8-10(13)15-12(16-11)9-6-4-3-5-7-9/h3-8H,2H2,1H3,(H3,13,14,15,16). The minimum absolute atomic E-state index is 0.477. The number of aromatic nitrogens is 2. The van der Waals surface area contributed by atoms with Gasteiger partial charge in [0.2, 0.25) is 0 Å². The molecule has 3 N–H and O–H groups in total. The molecular formula is C12H14N4. The summed E-state index contributed by atoms with van der Waals surface area (Å²) in [5, 5.41) is 3.13. The Morgan fingerprint density at radius 1 is 1.19 bits per heavy atom. The maximum Gasteiger partial charge on any atom is 0.163 e. The van der Waals surface area contributed by atoms with Crippen molar-refractivity contribution in [2.24, 2.45) is 0 Å². The predicted molar refractivity (Wildman–Crippen MR) is 66.0 cm³/mol. The van der Waals surface area contributed by atoms with E-state index < -0.39 is 0 Å². The van der Waals surface area contributed by atoms with Gasteiger partial charge in [-0.1, -0.05) is 30.3 Å². The molecule has 0 radical (unpaired) electrons. The van der Waals surface area contributed by atoms with Crippen LogP contribution in [0.3, 0.4) is 0 Å². The SMILES string of the molecule is CCNc1cc(N)nc(-c2ccccc2)n1. The zero-order valence-corrected chi connectivity index (χ0v) is 9.14. The molecule has 0 aliphatic heterocycles. The average Bonchev–Trinajstić information content (AvgIpc) is 2.30. The number of nitrogen functional groups attached to an aromatic ring is 1. The Labute approximate surface area is 94.5 Å². The first kappa shape index (κ1) is 10.4. The maximum atomic E-state index is 5.74. The highest BCUT2D eigenvalue weighted by Gasteiger charge is 2.03. The Hall–Kier alpha value is -2.10. The third-order valence-corrected chi connectivity index (χ3v) is 2.14. The van der Waals surface area contributed by atoms with Crippen LogP contribution in [0.5, 0.6) is 0 Å². The summed E-state index contributed by atoms with van der Waals surface area (Å²) < 4.78 is 0. The molecule has 0 saturated heterocycles. The van der Waals surface area contributed by atoms with Crippen LogP contribution in [0.2, 0.25) is 0 Å². The van der Waals surface area contributed by atoms with Gasteiger partial charge in [0, 0.05) is 18.2 Å². The van der Waals surface area contributed by atoms with E-state index in [1.807, 2.05) is 37.3 Å². The molecule has 0 saturated carbocycles. The van der Waals surface area contributed by atoms with E-state index in [0.717, 1.165) is 17.9 Å². The smallest absolute Gasteiger partial charge is 0.163 e. The highest BCUT2D eigenvalue weighted by Crippen LogP contribution is 2.18. The molecule has 0 bridgehead atoms. The molecule has 0 unspecified atom stereocenters. The van der Waals surface area contributed by atoms with E-state index in [-0.39, 0.29) is 0 Å². The number of anilines is 2. The number of benzene rings is 1. The van der Waals surface area contributed by atoms with E-state index in [1.165, 1.54) is 0 Å². The second-order valence-electron chi connectivity index (χ2n) is 3.40. The number of nitrogens with one attached hydrogen (secondary N) is 1. The molecule has 0 spiro atoms. The highest BCUT2D eigenvalue weighted by atomic mass is 15.0. The zero-order valence-electron chi connectivity index (χ0n) is 9.14. The van der Waals surface area contributed by atoms with E-state index in [9.17, 15) is 0 Å². The molecule has 2 rings (SSSR count). The lowest BCUT2D eigenvalue weighted by atomic mass is 10.2. The summed E-state index contributed by atoms with van der Waals surface area (Å²) in [6.45, 7) is 2.82. The summed E-state index contributed by atoms with van der Waals surface area (Å²) in [4.78, 5) is 8.60. The number of hydrogen-bond acceptors (Lipinski definition) is 4. The summed E-state index contributed by atoms with van der Waals surface area (Å²) in [5.41, 5.74) is 6.70. The molecule has 1 heterocycles. The molecule has 1 aromatic heterocycles. The molecule has 82 valence electrons. The van der Waals surface area contributed by atoms with Gasteiger partial charge in [0.1, 0.15) is 11.6 Å². The summed E-state index contributed by atoms with van der Waals surface area (Å²) in [5.74, 6) is 1.88. The van der Waals surface area contributed by atoms with Crippen molar-refractivity contribution in [3.05, 3.63) is 36.4 Å². The minimum atomic E-state index is 0.477. The van der Waals surface area contributed by atoms with Crippen molar-refractivity contribution < 1.29 is 0 Å². The first-order valence-electron chi connectivity index (χ1n) is 5.23. The van der Waals surface area contributed by atoms with E-state index in [1.54, 1.807) is 6.07 Å². The first-order valence-corrected chi connectivity index (χ1v) is 5.23. The van der Waals surface area contributed by atoms with Crippen LogP contribution in [0.1, 0.15) is 6.92 Å². The molecule has 0 fully saturated rings. The van der Waals surface area contributed by atoms with Gasteiger partial charge in [0.05, 0.1) is 0 Å². The molecule has 16 heavy (non-hydrogen) atoms. The topological polar surface area (TPSA) is 63.8 Å². The minimum Gasteiger partial charge on any atom is -0.384 e. The molecule has 4 nitrogen and oxygen atoms in total. The van der Waals surface area contributed by atoms with Gasteiger partial charge in [-0.25, -0.2) is 9.97 Å². The lowest BCUT2D eigenvalue weighted by molar-refractivity contribution is 1.12. The van der Waals surface area contributed by atoms with Gasteiger partial charge in [-0.3, -0.25) is 0 Å². The average molecular weight is 214 g/mol. The fourth-order valence-corrected chi connectivity index (χ4v) is 1.45. The van der Waals surface area contributed by atoms with Crippen molar-refractivity contribution in [3.8, 4) is 11.4 Å². The van der Waals surface area contributed by atoms with Crippen LogP contribution in [-0.4, -0.2) is 16.5 Å². The molecule has 0 atom stereocenters. The van der Waals surface area contributed by atoms with Gasteiger partial charge < -0.3 is 11.1 Å². The second kappa shape index (κ2) is 4.61. The van der Waals surface area contributed by atoms with Gasteiger partial charge in [-0.05, 0) is 6.92 Å². The second-order valence-corrected chi connectivity index (χ2v) is 3.40. The van der Waals surface area contributed by atoms with Crippen LogP contribution in [0, 0.1) is 0 Å². The molecule has 0 aliphatic rings. The van der Waals surface area contributed by atoms with E-state index in [2.05, 4.69) is 15.3 Å². The van der Waals surface area contributed by atoms with Crippen molar-refractivity contribution in [3.63, 3.8) is 0 Å². The molecule has 0 amide bonds. The van der Waals surface area contributed by atoms with Gasteiger partial charge in [0.25, 0.3) is 0 Å². The Morgan fingerprint density at radius 2 is 1.94 bits per heavy atom. The van der Waals surface area contributed by atoms with Crippen molar-refractivity contribution in [1.29, 1.82) is 0 Å². The Kier molecular flexibility index (Phi) is 3.00. The van der Waals surface area contributed by atoms with Gasteiger partial charge in [-0.15, -0.1) is 0 Å². The summed E-state index contributed by atoms with van der Waals surface area (Å²) in [7, 11) is 0. The Bertz CT molecular complexity index is 468. The fraction of sp³-hybridized carbons (Fsp3) is 0.167. The molecule has 2 aromatic rings. The fourth-order valence-electron chi connectivity index (χ4n) is 1.45. The number of rotatable bonds is 3. The number of hydrogen-bond donors (Lipinski definition) is 2. The van der Waals surface area contributed by atoms with Crippen molar-refractivity contribution >= 4 is 11.6 Å².